The molecule has 0 aromatic carbocycles. The second kappa shape index (κ2) is 22.0. The van der Waals surface area contributed by atoms with Crippen LogP contribution in [-0.2, 0) is 9.53 Å². The van der Waals surface area contributed by atoms with E-state index in [2.05, 4.69) is 13.0 Å². The van der Waals surface area contributed by atoms with Gasteiger partial charge in [0.2, 0.25) is 0 Å². The minimum Gasteiger partial charge on any atom is -0.463 e. The highest BCUT2D eigenvalue weighted by atomic mass is 16.5. The van der Waals surface area contributed by atoms with Crippen LogP contribution < -0.4 is 0 Å². The quantitative estimate of drug-likeness (QED) is 0.101. The van der Waals surface area contributed by atoms with Gasteiger partial charge >= 0.3 is 5.97 Å². The van der Waals surface area contributed by atoms with Crippen molar-refractivity contribution < 1.29 is 9.53 Å². The first-order valence-corrected chi connectivity index (χ1v) is 11.3. The molecule has 152 valence electrons. The largest absolute Gasteiger partial charge is 0.463 e. The number of hydrogen-bond acceptors (Lipinski definition) is 2. The lowest BCUT2D eigenvalue weighted by atomic mass is 10.0. The topological polar surface area (TPSA) is 26.3 Å². The number of carbonyl (C=O) groups excluding carboxylic acids is 1. The van der Waals surface area contributed by atoms with Gasteiger partial charge in [0, 0.05) is 6.08 Å². The number of esters is 1. The highest BCUT2D eigenvalue weighted by Gasteiger charge is 1.94. The molecule has 0 radical (unpaired) electrons. The van der Waals surface area contributed by atoms with Crippen LogP contribution in [-0.4, -0.2) is 12.6 Å². The third kappa shape index (κ3) is 21.0. The molecule has 0 fully saturated rings. The van der Waals surface area contributed by atoms with Gasteiger partial charge < -0.3 is 4.74 Å². The number of hydrogen-bond donors (Lipinski definition) is 0. The van der Waals surface area contributed by atoms with Crippen molar-refractivity contribution >= 4 is 5.97 Å². The van der Waals surface area contributed by atoms with Gasteiger partial charge in [0.05, 0.1) is 6.61 Å². The molecule has 0 spiro atoms. The van der Waals surface area contributed by atoms with Gasteiger partial charge in [-0.2, -0.15) is 0 Å². The average Bonchev–Trinajstić information content (AvgIpc) is 2.64. The molecule has 0 amide bonds. The molecule has 0 atom stereocenters. The summed E-state index contributed by atoms with van der Waals surface area (Å²) in [5.74, 6) is -0.260. The highest BCUT2D eigenvalue weighted by molar-refractivity contribution is 5.82. The Morgan fingerprint density at radius 3 is 1.58 bits per heavy atom. The molecule has 0 aliphatic rings. The van der Waals surface area contributed by atoms with E-state index in [4.69, 9.17) is 4.74 Å². The lowest BCUT2D eigenvalue weighted by Crippen LogP contribution is -1.98. The van der Waals surface area contributed by atoms with Crippen molar-refractivity contribution in [2.45, 2.75) is 117 Å². The molecule has 0 aliphatic carbocycles. The van der Waals surface area contributed by atoms with Gasteiger partial charge in [-0.15, -0.1) is 0 Å². The zero-order valence-corrected chi connectivity index (χ0v) is 17.6. The van der Waals surface area contributed by atoms with Crippen molar-refractivity contribution in [1.82, 2.24) is 0 Å². The molecule has 0 heterocycles. The first-order valence-electron chi connectivity index (χ1n) is 11.3. The predicted octanol–water partition coefficient (Wildman–Crippen LogP) is 7.92. The number of ether oxygens (including phenoxy) is 1. The molecule has 0 rings (SSSR count). The predicted molar refractivity (Wildman–Crippen MR) is 114 cm³/mol. The zero-order chi connectivity index (χ0) is 19.1. The molecule has 0 N–H and O–H groups in total. The van der Waals surface area contributed by atoms with Crippen LogP contribution in [0.4, 0.5) is 0 Å². The zero-order valence-electron chi connectivity index (χ0n) is 17.6. The highest BCUT2D eigenvalue weighted by Crippen LogP contribution is 2.13. The van der Waals surface area contributed by atoms with Crippen LogP contribution in [0, 0.1) is 0 Å². The van der Waals surface area contributed by atoms with Crippen molar-refractivity contribution in [3.63, 3.8) is 0 Å². The lowest BCUT2D eigenvalue weighted by molar-refractivity contribution is -0.137. The molecular formula is C24H44O2. The molecule has 0 aromatic rings. The van der Waals surface area contributed by atoms with Crippen molar-refractivity contribution in [1.29, 1.82) is 0 Å². The SMILES string of the molecule is CCCCCCCCCCCCCCCCCC=CC=CC(=O)OCC. The van der Waals surface area contributed by atoms with Crippen LogP contribution >= 0.6 is 0 Å². The van der Waals surface area contributed by atoms with Gasteiger partial charge in [-0.25, -0.2) is 4.79 Å². The second-order valence-corrected chi connectivity index (χ2v) is 7.28. The van der Waals surface area contributed by atoms with Crippen molar-refractivity contribution in [3.8, 4) is 0 Å². The molecule has 0 unspecified atom stereocenters. The lowest BCUT2D eigenvalue weighted by Gasteiger charge is -2.03. The second-order valence-electron chi connectivity index (χ2n) is 7.28. The van der Waals surface area contributed by atoms with E-state index >= 15 is 0 Å². The van der Waals surface area contributed by atoms with Crippen LogP contribution in [0.25, 0.3) is 0 Å². The van der Waals surface area contributed by atoms with Gasteiger partial charge in [-0.1, -0.05) is 115 Å². The van der Waals surface area contributed by atoms with E-state index in [1.54, 1.807) is 6.08 Å². The number of allylic oxidation sites excluding steroid dienone is 3. The first kappa shape index (κ1) is 24.9. The smallest absolute Gasteiger partial charge is 0.330 e. The van der Waals surface area contributed by atoms with Crippen LogP contribution in [0.1, 0.15) is 117 Å². The molecule has 0 aromatic heterocycles. The van der Waals surface area contributed by atoms with Crippen LogP contribution in [0.2, 0.25) is 0 Å². The summed E-state index contributed by atoms with van der Waals surface area (Å²) in [4.78, 5) is 11.1. The van der Waals surface area contributed by atoms with E-state index in [9.17, 15) is 4.79 Å². The molecule has 2 nitrogen and oxygen atoms in total. The van der Waals surface area contributed by atoms with Crippen LogP contribution in [0.3, 0.4) is 0 Å². The molecule has 0 saturated carbocycles. The Hall–Kier alpha value is -1.05. The van der Waals surface area contributed by atoms with E-state index < -0.39 is 0 Å². The number of rotatable bonds is 19. The Kier molecular flexibility index (Phi) is 21.1. The number of unbranched alkanes of at least 4 members (excludes halogenated alkanes) is 15. The molecule has 0 bridgehead atoms. The maximum absolute atomic E-state index is 11.1. The van der Waals surface area contributed by atoms with Gasteiger partial charge in [0.1, 0.15) is 0 Å². The van der Waals surface area contributed by atoms with E-state index in [0.29, 0.717) is 6.61 Å². The first-order chi connectivity index (χ1) is 12.8. The van der Waals surface area contributed by atoms with E-state index in [0.717, 1.165) is 6.42 Å². The van der Waals surface area contributed by atoms with Crippen molar-refractivity contribution in [3.05, 3.63) is 24.3 Å². The van der Waals surface area contributed by atoms with Gasteiger partial charge in [-0.3, -0.25) is 0 Å². The molecule has 0 aliphatic heterocycles. The molecule has 0 saturated heterocycles. The van der Waals surface area contributed by atoms with Gasteiger partial charge in [0.15, 0.2) is 0 Å². The fourth-order valence-corrected chi connectivity index (χ4v) is 3.13. The summed E-state index contributed by atoms with van der Waals surface area (Å²) in [6.07, 6.45) is 29.5. The summed E-state index contributed by atoms with van der Waals surface area (Å²) in [6, 6.07) is 0. The summed E-state index contributed by atoms with van der Waals surface area (Å²) >= 11 is 0. The minimum absolute atomic E-state index is 0.260. The maximum atomic E-state index is 11.1. The summed E-state index contributed by atoms with van der Waals surface area (Å²) in [6.45, 7) is 4.54. The van der Waals surface area contributed by atoms with Gasteiger partial charge in [0.25, 0.3) is 0 Å². The summed E-state index contributed by atoms with van der Waals surface area (Å²) in [5, 5.41) is 0. The standard InChI is InChI=1S/C24H44O2/c1-3-5-6-7-8-9-10-11-12-13-14-15-16-17-18-19-20-21-22-23-24(25)26-4-2/h20-23H,3-19H2,1-2H3. The summed E-state index contributed by atoms with van der Waals surface area (Å²) in [7, 11) is 0. The molecule has 2 heteroatoms. The van der Waals surface area contributed by atoms with E-state index in [-0.39, 0.29) is 5.97 Å². The van der Waals surface area contributed by atoms with Gasteiger partial charge in [-0.05, 0) is 19.8 Å². The van der Waals surface area contributed by atoms with Crippen LogP contribution in [0.15, 0.2) is 24.3 Å². The van der Waals surface area contributed by atoms with E-state index in [1.165, 1.54) is 102 Å². The Morgan fingerprint density at radius 2 is 1.12 bits per heavy atom. The third-order valence-electron chi connectivity index (χ3n) is 4.74. The fraction of sp³-hybridized carbons (Fsp3) is 0.792. The van der Waals surface area contributed by atoms with Crippen molar-refractivity contribution in [2.24, 2.45) is 0 Å². The van der Waals surface area contributed by atoms with E-state index in [1.807, 2.05) is 13.0 Å². The monoisotopic (exact) mass is 364 g/mol. The van der Waals surface area contributed by atoms with Crippen molar-refractivity contribution in [2.75, 3.05) is 6.61 Å². The molecule has 26 heavy (non-hydrogen) atoms. The Labute approximate surface area is 163 Å². The average molecular weight is 365 g/mol. The maximum Gasteiger partial charge on any atom is 0.330 e. The minimum atomic E-state index is -0.260. The Balaban J connectivity index is 3.16. The van der Waals surface area contributed by atoms with Crippen LogP contribution in [0.5, 0.6) is 0 Å². The summed E-state index contributed by atoms with van der Waals surface area (Å²) in [5.41, 5.74) is 0. The Morgan fingerprint density at radius 1 is 0.654 bits per heavy atom. The number of carbonyl (C=O) groups is 1. The third-order valence-corrected chi connectivity index (χ3v) is 4.74. The summed E-state index contributed by atoms with van der Waals surface area (Å²) < 4.78 is 4.82. The fourth-order valence-electron chi connectivity index (χ4n) is 3.13. The molecular weight excluding hydrogens is 320 g/mol. The normalized spacial score (nSPS) is 11.6. The Bertz CT molecular complexity index is 344.